The summed E-state index contributed by atoms with van der Waals surface area (Å²) in [6, 6.07) is 8.39. The van der Waals surface area contributed by atoms with E-state index in [4.69, 9.17) is 0 Å². The van der Waals surface area contributed by atoms with Gasteiger partial charge in [-0.25, -0.2) is 4.79 Å². The number of aromatic nitrogens is 2. The van der Waals surface area contributed by atoms with Crippen LogP contribution in [0.5, 0.6) is 0 Å². The van der Waals surface area contributed by atoms with Gasteiger partial charge in [0.25, 0.3) is 0 Å². The Morgan fingerprint density at radius 3 is 2.50 bits per heavy atom. The molecule has 0 spiro atoms. The number of benzene rings is 1. The molecule has 0 bridgehead atoms. The van der Waals surface area contributed by atoms with E-state index < -0.39 is 0 Å². The van der Waals surface area contributed by atoms with Crippen molar-refractivity contribution < 1.29 is 4.79 Å². The zero-order chi connectivity index (χ0) is 19.7. The van der Waals surface area contributed by atoms with Crippen LogP contribution in [0.2, 0.25) is 0 Å². The standard InChI is InChI=1S/C22H32N4O2/c1-16(21(27)24(2)17-8-4-3-5-9-17)25-14-12-18(13-15-25)26-20-11-7-6-10-19(20)23-22(26)28/h6-7,10-11,16-18H,3-5,8-9,12-15H2,1-2H3,(H,23,28). The molecule has 4 rings (SSSR count). The Morgan fingerprint density at radius 2 is 1.79 bits per heavy atom. The van der Waals surface area contributed by atoms with Gasteiger partial charge in [0, 0.05) is 32.2 Å². The van der Waals surface area contributed by atoms with Gasteiger partial charge in [-0.1, -0.05) is 31.4 Å². The van der Waals surface area contributed by atoms with Crippen molar-refractivity contribution in [3.63, 3.8) is 0 Å². The molecule has 2 aliphatic rings. The topological polar surface area (TPSA) is 61.3 Å². The lowest BCUT2D eigenvalue weighted by Gasteiger charge is -2.39. The number of carbonyl (C=O) groups excluding carboxylic acids is 1. The summed E-state index contributed by atoms with van der Waals surface area (Å²) in [4.78, 5) is 32.7. The summed E-state index contributed by atoms with van der Waals surface area (Å²) in [7, 11) is 1.98. The van der Waals surface area contributed by atoms with Gasteiger partial charge in [0.2, 0.25) is 5.91 Å². The van der Waals surface area contributed by atoms with Crippen molar-refractivity contribution in [2.45, 2.75) is 70.0 Å². The first-order valence-electron chi connectivity index (χ1n) is 10.8. The molecular formula is C22H32N4O2. The molecular weight excluding hydrogens is 352 g/mol. The van der Waals surface area contributed by atoms with E-state index in [2.05, 4.69) is 9.88 Å². The molecule has 1 aliphatic heterocycles. The average molecular weight is 385 g/mol. The molecule has 28 heavy (non-hydrogen) atoms. The molecule has 1 aromatic carbocycles. The second kappa shape index (κ2) is 8.11. The van der Waals surface area contributed by atoms with Crippen LogP contribution < -0.4 is 5.69 Å². The first-order valence-corrected chi connectivity index (χ1v) is 10.8. The molecule has 1 aromatic heterocycles. The van der Waals surface area contributed by atoms with E-state index in [0.29, 0.717) is 6.04 Å². The Morgan fingerprint density at radius 1 is 1.11 bits per heavy atom. The Bertz CT molecular complexity index is 872. The van der Waals surface area contributed by atoms with E-state index in [1.165, 1.54) is 19.3 Å². The minimum atomic E-state index is -0.0902. The van der Waals surface area contributed by atoms with Crippen LogP contribution in [0.25, 0.3) is 11.0 Å². The van der Waals surface area contributed by atoms with Crippen molar-refractivity contribution in [2.75, 3.05) is 20.1 Å². The Hall–Kier alpha value is -2.08. The summed E-state index contributed by atoms with van der Waals surface area (Å²) in [6.45, 7) is 3.74. The number of amides is 1. The number of imidazole rings is 1. The molecule has 2 heterocycles. The quantitative estimate of drug-likeness (QED) is 0.881. The van der Waals surface area contributed by atoms with Gasteiger partial charge in [0.1, 0.15) is 0 Å². The molecule has 1 saturated heterocycles. The number of likely N-dealkylation sites (N-methyl/N-ethyl adjacent to an activating group) is 1. The fourth-order valence-electron chi connectivity index (χ4n) is 5.07. The number of carbonyl (C=O) groups is 1. The predicted octanol–water partition coefficient (Wildman–Crippen LogP) is 3.15. The van der Waals surface area contributed by atoms with Gasteiger partial charge in [-0.3, -0.25) is 14.3 Å². The number of aromatic amines is 1. The fourth-order valence-corrected chi connectivity index (χ4v) is 5.07. The van der Waals surface area contributed by atoms with Crippen LogP contribution in [0.1, 0.15) is 57.9 Å². The molecule has 152 valence electrons. The molecule has 2 aromatic rings. The number of nitrogens with zero attached hydrogens (tertiary/aromatic N) is 3. The van der Waals surface area contributed by atoms with Gasteiger partial charge in [-0.05, 0) is 44.7 Å². The number of likely N-dealkylation sites (tertiary alicyclic amines) is 1. The number of fused-ring (bicyclic) bond motifs is 1. The maximum atomic E-state index is 13.0. The summed E-state index contributed by atoms with van der Waals surface area (Å²) in [5.41, 5.74) is 1.85. The summed E-state index contributed by atoms with van der Waals surface area (Å²) in [5.74, 6) is 0.245. The van der Waals surface area contributed by atoms with Crippen molar-refractivity contribution in [1.29, 1.82) is 0 Å². The van der Waals surface area contributed by atoms with Crippen LogP contribution in [0.3, 0.4) is 0 Å². The van der Waals surface area contributed by atoms with E-state index in [9.17, 15) is 9.59 Å². The number of rotatable bonds is 4. The third-order valence-electron chi connectivity index (χ3n) is 6.86. The lowest BCUT2D eigenvalue weighted by atomic mass is 9.94. The van der Waals surface area contributed by atoms with Gasteiger partial charge >= 0.3 is 5.69 Å². The zero-order valence-corrected chi connectivity index (χ0v) is 17.1. The van der Waals surface area contributed by atoms with Crippen molar-refractivity contribution in [3.05, 3.63) is 34.7 Å². The molecule has 1 aliphatic carbocycles. The number of hydrogen-bond donors (Lipinski definition) is 1. The van der Waals surface area contributed by atoms with E-state index in [1.54, 1.807) is 0 Å². The van der Waals surface area contributed by atoms with Crippen molar-refractivity contribution in [1.82, 2.24) is 19.4 Å². The summed E-state index contributed by atoms with van der Waals surface area (Å²) in [6.07, 6.45) is 7.84. The monoisotopic (exact) mass is 384 g/mol. The number of hydrogen-bond acceptors (Lipinski definition) is 3. The Kier molecular flexibility index (Phi) is 5.58. The lowest BCUT2D eigenvalue weighted by Crippen LogP contribution is -2.51. The maximum absolute atomic E-state index is 13.0. The second-order valence-electron chi connectivity index (χ2n) is 8.50. The number of para-hydroxylation sites is 2. The molecule has 6 heteroatoms. The zero-order valence-electron chi connectivity index (χ0n) is 17.1. The Labute approximate surface area is 166 Å². The SMILES string of the molecule is CC(C(=O)N(C)C1CCCCC1)N1CCC(n2c(=O)[nH]c3ccccc32)CC1. The highest BCUT2D eigenvalue weighted by molar-refractivity contribution is 5.81. The summed E-state index contributed by atoms with van der Waals surface area (Å²) in [5, 5.41) is 0. The second-order valence-corrected chi connectivity index (χ2v) is 8.50. The van der Waals surface area contributed by atoms with Gasteiger partial charge in [0.05, 0.1) is 17.1 Å². The van der Waals surface area contributed by atoms with E-state index in [-0.39, 0.29) is 23.7 Å². The fraction of sp³-hybridized carbons (Fsp3) is 0.636. The molecule has 0 radical (unpaired) electrons. The minimum absolute atomic E-state index is 0.0270. The smallest absolute Gasteiger partial charge is 0.326 e. The third-order valence-corrected chi connectivity index (χ3v) is 6.86. The summed E-state index contributed by atoms with van der Waals surface area (Å²) < 4.78 is 1.91. The van der Waals surface area contributed by atoms with Crippen LogP contribution in [0, 0.1) is 0 Å². The van der Waals surface area contributed by atoms with E-state index in [0.717, 1.165) is 49.8 Å². The normalized spacial score (nSPS) is 21.1. The van der Waals surface area contributed by atoms with Crippen LogP contribution in [-0.2, 0) is 4.79 Å². The molecule has 6 nitrogen and oxygen atoms in total. The van der Waals surface area contributed by atoms with Crippen LogP contribution in [-0.4, -0.2) is 57.5 Å². The highest BCUT2D eigenvalue weighted by Crippen LogP contribution is 2.27. The van der Waals surface area contributed by atoms with E-state index in [1.807, 2.05) is 47.7 Å². The first kappa shape index (κ1) is 19.2. The van der Waals surface area contributed by atoms with Crippen LogP contribution >= 0.6 is 0 Å². The molecule has 1 saturated carbocycles. The van der Waals surface area contributed by atoms with Gasteiger partial charge in [-0.2, -0.15) is 0 Å². The maximum Gasteiger partial charge on any atom is 0.326 e. The molecule has 1 atom stereocenters. The molecule has 1 unspecified atom stereocenters. The molecule has 2 fully saturated rings. The highest BCUT2D eigenvalue weighted by Gasteiger charge is 2.32. The van der Waals surface area contributed by atoms with Crippen molar-refractivity contribution in [2.24, 2.45) is 0 Å². The number of nitrogens with one attached hydrogen (secondary N) is 1. The number of H-pyrrole nitrogens is 1. The molecule has 1 N–H and O–H groups in total. The third kappa shape index (κ3) is 3.62. The van der Waals surface area contributed by atoms with Gasteiger partial charge in [0.15, 0.2) is 0 Å². The van der Waals surface area contributed by atoms with Gasteiger partial charge < -0.3 is 9.88 Å². The van der Waals surface area contributed by atoms with Crippen molar-refractivity contribution in [3.8, 4) is 0 Å². The predicted molar refractivity (Wildman–Crippen MR) is 112 cm³/mol. The Balaban J connectivity index is 1.40. The minimum Gasteiger partial charge on any atom is -0.341 e. The summed E-state index contributed by atoms with van der Waals surface area (Å²) >= 11 is 0. The van der Waals surface area contributed by atoms with E-state index >= 15 is 0 Å². The highest BCUT2D eigenvalue weighted by atomic mass is 16.2. The largest absolute Gasteiger partial charge is 0.341 e. The first-order chi connectivity index (χ1) is 13.6. The van der Waals surface area contributed by atoms with Crippen LogP contribution in [0.15, 0.2) is 29.1 Å². The molecule has 1 amide bonds. The number of piperidine rings is 1. The van der Waals surface area contributed by atoms with Gasteiger partial charge in [-0.15, -0.1) is 0 Å². The lowest BCUT2D eigenvalue weighted by molar-refractivity contribution is -0.138. The van der Waals surface area contributed by atoms with Crippen LogP contribution in [0.4, 0.5) is 0 Å². The average Bonchev–Trinajstić information content (AvgIpc) is 3.08. The van der Waals surface area contributed by atoms with Crippen molar-refractivity contribution >= 4 is 16.9 Å².